The summed E-state index contributed by atoms with van der Waals surface area (Å²) in [7, 11) is -5.63. The standard InChI is InChI=1S/2C15H13N5O3S/c1-24(22,23)20-9-3-5-11-10(6-9)13(15(21)18-11)12-4-2-8-7-16-19-14(8)17-12;1-16-24(22,23)9-3-5-11-10(6-9)13(15(21)19-11)12-4-2-8-7-17-20-14(8)18-12/h2-7,18,20-21H,1H3,(H,16,17,19);2-7,16,19,21H,1H3,(H,17,18,20). The Kier molecular flexibility index (Phi) is 7.26. The van der Waals surface area contributed by atoms with Crippen LogP contribution in [-0.4, -0.2) is 80.7 Å². The number of aromatic nitrogens is 8. The van der Waals surface area contributed by atoms with Crippen molar-refractivity contribution in [3.8, 4) is 34.3 Å². The third-order valence-electron chi connectivity index (χ3n) is 7.52. The fraction of sp³-hybridized carbons (Fsp3) is 0.0667. The van der Waals surface area contributed by atoms with Gasteiger partial charge in [0.15, 0.2) is 23.1 Å². The van der Waals surface area contributed by atoms with Gasteiger partial charge < -0.3 is 20.2 Å². The van der Waals surface area contributed by atoms with Crippen molar-refractivity contribution in [2.24, 2.45) is 0 Å². The van der Waals surface area contributed by atoms with E-state index in [0.29, 0.717) is 61.3 Å². The number of anilines is 1. The number of hydrogen-bond acceptors (Lipinski definition) is 10. The van der Waals surface area contributed by atoms with E-state index in [1.165, 1.54) is 19.2 Å². The quantitative estimate of drug-likeness (QED) is 0.125. The highest BCUT2D eigenvalue weighted by molar-refractivity contribution is 7.92. The molecule has 0 aliphatic heterocycles. The predicted octanol–water partition coefficient (Wildman–Crippen LogP) is 3.90. The molecule has 0 aliphatic carbocycles. The summed E-state index contributed by atoms with van der Waals surface area (Å²) in [6.45, 7) is 0. The van der Waals surface area contributed by atoms with E-state index in [0.717, 1.165) is 17.0 Å². The molecule has 18 heteroatoms. The molecule has 0 saturated carbocycles. The second-order valence-corrected chi connectivity index (χ2v) is 14.4. The van der Waals surface area contributed by atoms with Gasteiger partial charge in [0.05, 0.1) is 46.1 Å². The second-order valence-electron chi connectivity index (χ2n) is 10.8. The molecule has 0 saturated heterocycles. The second kappa shape index (κ2) is 11.4. The van der Waals surface area contributed by atoms with E-state index in [1.54, 1.807) is 48.8 Å². The Hall–Kier alpha value is -5.98. The molecule has 8 rings (SSSR count). The van der Waals surface area contributed by atoms with Crippen molar-refractivity contribution in [3.05, 3.63) is 73.1 Å². The minimum Gasteiger partial charge on any atom is -0.494 e. The maximum Gasteiger partial charge on any atom is 0.240 e. The number of aromatic amines is 4. The lowest BCUT2D eigenvalue weighted by molar-refractivity contribution is 0.459. The lowest BCUT2D eigenvalue weighted by Crippen LogP contribution is -2.18. The number of hydrogen-bond donors (Lipinski definition) is 8. The van der Waals surface area contributed by atoms with E-state index in [1.807, 2.05) is 12.1 Å². The molecule has 0 spiro atoms. The van der Waals surface area contributed by atoms with Crippen LogP contribution in [0.4, 0.5) is 5.69 Å². The molecule has 244 valence electrons. The van der Waals surface area contributed by atoms with Crippen molar-refractivity contribution in [2.45, 2.75) is 4.90 Å². The largest absolute Gasteiger partial charge is 0.494 e. The van der Waals surface area contributed by atoms with Crippen molar-refractivity contribution >= 4 is 69.6 Å². The molecule has 8 N–H and O–H groups in total. The highest BCUT2D eigenvalue weighted by Crippen LogP contribution is 2.38. The first-order valence-electron chi connectivity index (χ1n) is 14.1. The summed E-state index contributed by atoms with van der Waals surface area (Å²) in [5.74, 6) is -0.108. The zero-order valence-corrected chi connectivity index (χ0v) is 26.7. The van der Waals surface area contributed by atoms with E-state index in [2.05, 4.69) is 49.8 Å². The number of pyridine rings is 2. The van der Waals surface area contributed by atoms with Crippen molar-refractivity contribution in [3.63, 3.8) is 0 Å². The topological polar surface area (TPSA) is 248 Å². The molecule has 0 amide bonds. The number of H-pyrrole nitrogens is 4. The third kappa shape index (κ3) is 5.63. The Balaban J connectivity index is 0.000000152. The Morgan fingerprint density at radius 3 is 1.73 bits per heavy atom. The summed E-state index contributed by atoms with van der Waals surface area (Å²) < 4.78 is 51.6. The molecule has 0 radical (unpaired) electrons. The van der Waals surface area contributed by atoms with E-state index in [4.69, 9.17) is 0 Å². The molecular weight excluding hydrogens is 661 g/mol. The SMILES string of the molecule is CNS(=O)(=O)c1ccc2[nH]c(O)c(-c3ccc4cn[nH]c4n3)c2c1.CS(=O)(=O)Nc1ccc2[nH]c(O)c(-c3ccc4cn[nH]c4n3)c2c1. The summed E-state index contributed by atoms with van der Waals surface area (Å²) in [5, 5.41) is 36.9. The minimum atomic E-state index is -3.59. The molecule has 0 atom stereocenters. The van der Waals surface area contributed by atoms with Crippen LogP contribution >= 0.6 is 0 Å². The number of rotatable bonds is 6. The van der Waals surface area contributed by atoms with Crippen LogP contribution in [-0.2, 0) is 20.0 Å². The van der Waals surface area contributed by atoms with Crippen molar-refractivity contribution in [1.82, 2.24) is 45.1 Å². The van der Waals surface area contributed by atoms with Crippen LogP contribution in [0.25, 0.3) is 66.4 Å². The van der Waals surface area contributed by atoms with Gasteiger partial charge in [-0.1, -0.05) is 0 Å². The molecule has 0 aliphatic rings. The van der Waals surface area contributed by atoms with Crippen LogP contribution in [0.1, 0.15) is 0 Å². The summed E-state index contributed by atoms with van der Waals surface area (Å²) in [5.41, 5.74) is 4.88. The summed E-state index contributed by atoms with van der Waals surface area (Å²) in [4.78, 5) is 14.7. The Bertz CT molecular complexity index is 2730. The number of fused-ring (bicyclic) bond motifs is 4. The fourth-order valence-corrected chi connectivity index (χ4v) is 6.66. The molecule has 16 nitrogen and oxygen atoms in total. The van der Waals surface area contributed by atoms with Crippen LogP contribution in [0.2, 0.25) is 0 Å². The van der Waals surface area contributed by atoms with Gasteiger partial charge in [0.2, 0.25) is 20.0 Å². The Morgan fingerprint density at radius 2 is 1.21 bits per heavy atom. The predicted molar refractivity (Wildman–Crippen MR) is 180 cm³/mol. The van der Waals surface area contributed by atoms with Gasteiger partial charge >= 0.3 is 0 Å². The monoisotopic (exact) mass is 686 g/mol. The van der Waals surface area contributed by atoms with E-state index < -0.39 is 20.0 Å². The molecule has 8 aromatic rings. The van der Waals surface area contributed by atoms with Crippen LogP contribution in [0.5, 0.6) is 11.8 Å². The lowest BCUT2D eigenvalue weighted by atomic mass is 10.1. The van der Waals surface area contributed by atoms with Gasteiger partial charge in [0, 0.05) is 38.3 Å². The van der Waals surface area contributed by atoms with Crippen LogP contribution in [0.3, 0.4) is 0 Å². The zero-order chi connectivity index (χ0) is 33.8. The van der Waals surface area contributed by atoms with Crippen LogP contribution < -0.4 is 9.44 Å². The molecular formula is C30H26N10O6S2. The van der Waals surface area contributed by atoms with E-state index in [9.17, 15) is 27.0 Å². The van der Waals surface area contributed by atoms with E-state index >= 15 is 0 Å². The Labute approximate surface area is 271 Å². The van der Waals surface area contributed by atoms with Gasteiger partial charge in [-0.2, -0.15) is 10.2 Å². The van der Waals surface area contributed by atoms with Gasteiger partial charge in [-0.15, -0.1) is 0 Å². The maximum absolute atomic E-state index is 12.0. The smallest absolute Gasteiger partial charge is 0.240 e. The van der Waals surface area contributed by atoms with Crippen LogP contribution in [0, 0.1) is 0 Å². The number of benzene rings is 2. The van der Waals surface area contributed by atoms with Gasteiger partial charge in [0.1, 0.15) is 0 Å². The third-order valence-corrected chi connectivity index (χ3v) is 9.54. The molecule has 0 unspecified atom stereocenters. The van der Waals surface area contributed by atoms with Gasteiger partial charge in [-0.05, 0) is 67.7 Å². The fourth-order valence-electron chi connectivity index (χ4n) is 5.35. The zero-order valence-electron chi connectivity index (χ0n) is 25.1. The molecule has 6 aromatic heterocycles. The summed E-state index contributed by atoms with van der Waals surface area (Å²) >= 11 is 0. The minimum absolute atomic E-state index is 0.0344. The Morgan fingerprint density at radius 1 is 0.688 bits per heavy atom. The summed E-state index contributed by atoms with van der Waals surface area (Å²) in [6, 6.07) is 16.8. The number of sulfonamides is 2. The first-order valence-corrected chi connectivity index (χ1v) is 17.5. The highest BCUT2D eigenvalue weighted by Gasteiger charge is 2.19. The first-order chi connectivity index (χ1) is 22.9. The normalized spacial score (nSPS) is 12.1. The lowest BCUT2D eigenvalue weighted by Gasteiger charge is -2.05. The molecule has 48 heavy (non-hydrogen) atoms. The van der Waals surface area contributed by atoms with Crippen LogP contribution in [0.15, 0.2) is 78.0 Å². The van der Waals surface area contributed by atoms with Crippen molar-refractivity contribution < 1.29 is 27.0 Å². The highest BCUT2D eigenvalue weighted by atomic mass is 32.2. The summed E-state index contributed by atoms with van der Waals surface area (Å²) in [6.07, 6.45) is 4.40. The molecule has 0 bridgehead atoms. The number of nitrogens with zero attached hydrogens (tertiary/aromatic N) is 4. The maximum atomic E-state index is 12.0. The van der Waals surface area contributed by atoms with Gasteiger partial charge in [-0.3, -0.25) is 14.9 Å². The molecule has 0 fully saturated rings. The van der Waals surface area contributed by atoms with Gasteiger partial charge in [0.25, 0.3) is 0 Å². The average Bonchev–Trinajstić information content (AvgIpc) is 3.83. The van der Waals surface area contributed by atoms with Gasteiger partial charge in [-0.25, -0.2) is 31.5 Å². The molecule has 6 heterocycles. The molecule has 2 aromatic carbocycles. The van der Waals surface area contributed by atoms with Crippen molar-refractivity contribution in [2.75, 3.05) is 18.0 Å². The van der Waals surface area contributed by atoms with Crippen molar-refractivity contribution in [1.29, 1.82) is 0 Å². The van der Waals surface area contributed by atoms with E-state index in [-0.39, 0.29) is 16.7 Å². The first kappa shape index (κ1) is 30.7. The number of nitrogens with one attached hydrogen (secondary N) is 6. The average molecular weight is 687 g/mol. The number of aromatic hydroxyl groups is 2.